The van der Waals surface area contributed by atoms with E-state index in [0.717, 1.165) is 18.5 Å². The molecule has 1 aliphatic carbocycles. The molecule has 0 spiro atoms. The SMILES string of the molecule is CC(C)(C)OC(=O)n1nc(NC(=O)Cc2ccn(-c3cc(Cl)ccn3)n2)cc1C1CC1. The second-order valence-corrected chi connectivity index (χ2v) is 8.87. The Morgan fingerprint density at radius 3 is 2.68 bits per heavy atom. The van der Waals surface area contributed by atoms with Gasteiger partial charge in [0, 0.05) is 35.5 Å². The van der Waals surface area contributed by atoms with Crippen LogP contribution in [-0.2, 0) is 16.0 Å². The van der Waals surface area contributed by atoms with E-state index in [2.05, 4.69) is 20.5 Å². The van der Waals surface area contributed by atoms with E-state index in [1.54, 1.807) is 62.1 Å². The molecule has 3 aromatic rings. The molecule has 10 heteroatoms. The highest BCUT2D eigenvalue weighted by atomic mass is 35.5. The van der Waals surface area contributed by atoms with Crippen LogP contribution in [0.3, 0.4) is 0 Å². The number of ether oxygens (including phenoxy) is 1. The molecule has 0 unspecified atom stereocenters. The number of nitrogens with one attached hydrogen (secondary N) is 1. The van der Waals surface area contributed by atoms with Gasteiger partial charge < -0.3 is 10.1 Å². The van der Waals surface area contributed by atoms with Crippen molar-refractivity contribution in [2.45, 2.75) is 51.6 Å². The van der Waals surface area contributed by atoms with Crippen molar-refractivity contribution in [1.82, 2.24) is 24.5 Å². The monoisotopic (exact) mass is 442 g/mol. The topological polar surface area (TPSA) is 104 Å². The first-order valence-electron chi connectivity index (χ1n) is 9.97. The second kappa shape index (κ2) is 8.14. The maximum Gasteiger partial charge on any atom is 0.435 e. The van der Waals surface area contributed by atoms with Gasteiger partial charge in [-0.25, -0.2) is 14.5 Å². The lowest BCUT2D eigenvalue weighted by Gasteiger charge is -2.19. The van der Waals surface area contributed by atoms with Crippen molar-refractivity contribution in [3.05, 3.63) is 53.1 Å². The van der Waals surface area contributed by atoms with E-state index in [4.69, 9.17) is 16.3 Å². The van der Waals surface area contributed by atoms with E-state index in [9.17, 15) is 9.59 Å². The predicted octanol–water partition coefficient (Wildman–Crippen LogP) is 3.96. The summed E-state index contributed by atoms with van der Waals surface area (Å²) in [5.74, 6) is 0.838. The van der Waals surface area contributed by atoms with Crippen molar-refractivity contribution in [2.24, 2.45) is 0 Å². The van der Waals surface area contributed by atoms with Crippen LogP contribution in [0.5, 0.6) is 0 Å². The van der Waals surface area contributed by atoms with Crippen molar-refractivity contribution in [3.63, 3.8) is 0 Å². The van der Waals surface area contributed by atoms with Crippen LogP contribution in [0.25, 0.3) is 5.82 Å². The summed E-state index contributed by atoms with van der Waals surface area (Å²) in [4.78, 5) is 29.2. The quantitative estimate of drug-likeness (QED) is 0.641. The molecule has 3 heterocycles. The maximum absolute atomic E-state index is 12.5. The summed E-state index contributed by atoms with van der Waals surface area (Å²) in [5.41, 5.74) is 0.679. The van der Waals surface area contributed by atoms with E-state index in [0.29, 0.717) is 22.4 Å². The lowest BCUT2D eigenvalue weighted by atomic mass is 10.2. The second-order valence-electron chi connectivity index (χ2n) is 8.43. The molecule has 0 atom stereocenters. The number of carbonyl (C=O) groups excluding carboxylic acids is 2. The molecule has 0 aromatic carbocycles. The zero-order valence-corrected chi connectivity index (χ0v) is 18.3. The Balaban J connectivity index is 1.44. The van der Waals surface area contributed by atoms with Crippen molar-refractivity contribution < 1.29 is 14.3 Å². The summed E-state index contributed by atoms with van der Waals surface area (Å²) in [6.45, 7) is 5.39. The standard InChI is InChI=1S/C21H23ClN6O3/c1-21(2,3)31-20(30)28-16(13-4-5-13)12-17(26-28)24-19(29)11-15-7-9-27(25-15)18-10-14(22)6-8-23-18/h6-10,12-13H,4-5,11H2,1-3H3,(H,24,26,29). The van der Waals surface area contributed by atoms with Gasteiger partial charge in [0.05, 0.1) is 17.8 Å². The number of anilines is 1. The minimum atomic E-state index is -0.635. The molecule has 1 fully saturated rings. The first-order chi connectivity index (χ1) is 14.7. The Hall–Kier alpha value is -3.20. The molecular weight excluding hydrogens is 420 g/mol. The first-order valence-corrected chi connectivity index (χ1v) is 10.4. The van der Waals surface area contributed by atoms with Crippen molar-refractivity contribution in [3.8, 4) is 5.82 Å². The van der Waals surface area contributed by atoms with Gasteiger partial charge in [-0.05, 0) is 45.7 Å². The number of nitrogens with zero attached hydrogens (tertiary/aromatic N) is 5. The zero-order chi connectivity index (χ0) is 22.2. The molecule has 0 saturated heterocycles. The van der Waals surface area contributed by atoms with Gasteiger partial charge >= 0.3 is 6.09 Å². The Bertz CT molecular complexity index is 1130. The molecule has 1 N–H and O–H groups in total. The van der Waals surface area contributed by atoms with E-state index in [1.807, 2.05) is 0 Å². The van der Waals surface area contributed by atoms with Gasteiger partial charge in [0.1, 0.15) is 5.60 Å². The molecule has 31 heavy (non-hydrogen) atoms. The minimum absolute atomic E-state index is 0.0472. The van der Waals surface area contributed by atoms with Gasteiger partial charge in [-0.3, -0.25) is 4.79 Å². The van der Waals surface area contributed by atoms with Gasteiger partial charge in [0.25, 0.3) is 0 Å². The summed E-state index contributed by atoms with van der Waals surface area (Å²) in [7, 11) is 0. The Labute approximate surface area is 184 Å². The smallest absolute Gasteiger partial charge is 0.435 e. The number of halogens is 1. The Morgan fingerprint density at radius 1 is 1.23 bits per heavy atom. The average Bonchev–Trinajstić information content (AvgIpc) is 3.27. The van der Waals surface area contributed by atoms with Gasteiger partial charge in [0.15, 0.2) is 11.6 Å². The fraction of sp³-hybridized carbons (Fsp3) is 0.381. The highest BCUT2D eigenvalue weighted by Gasteiger charge is 2.32. The summed E-state index contributed by atoms with van der Waals surface area (Å²) in [5, 5.41) is 11.9. The van der Waals surface area contributed by atoms with E-state index >= 15 is 0 Å². The number of hydrogen-bond donors (Lipinski definition) is 1. The summed E-state index contributed by atoms with van der Waals surface area (Å²) in [6, 6.07) is 6.82. The molecule has 0 aliphatic heterocycles. The molecular formula is C21H23ClN6O3. The largest absolute Gasteiger partial charge is 0.442 e. The number of amides is 1. The maximum atomic E-state index is 12.5. The highest BCUT2D eigenvalue weighted by Crippen LogP contribution is 2.41. The summed E-state index contributed by atoms with van der Waals surface area (Å²) >= 11 is 5.99. The molecule has 1 amide bonds. The van der Waals surface area contributed by atoms with Gasteiger partial charge in [-0.1, -0.05) is 11.6 Å². The minimum Gasteiger partial charge on any atom is -0.442 e. The predicted molar refractivity (Wildman–Crippen MR) is 115 cm³/mol. The molecule has 3 aromatic heterocycles. The van der Waals surface area contributed by atoms with Crippen LogP contribution in [0.4, 0.5) is 10.6 Å². The fourth-order valence-electron chi connectivity index (χ4n) is 3.03. The first kappa shape index (κ1) is 21.0. The van der Waals surface area contributed by atoms with Gasteiger partial charge in [-0.2, -0.15) is 9.78 Å². The van der Waals surface area contributed by atoms with Crippen LogP contribution in [0.2, 0.25) is 5.02 Å². The Morgan fingerprint density at radius 2 is 2.00 bits per heavy atom. The van der Waals surface area contributed by atoms with Crippen LogP contribution in [0, 0.1) is 0 Å². The molecule has 1 aliphatic rings. The fourth-order valence-corrected chi connectivity index (χ4v) is 3.19. The van der Waals surface area contributed by atoms with Crippen molar-refractivity contribution in [1.29, 1.82) is 0 Å². The molecule has 4 rings (SSSR count). The average molecular weight is 443 g/mol. The summed E-state index contributed by atoms with van der Waals surface area (Å²) < 4.78 is 8.23. The van der Waals surface area contributed by atoms with E-state index < -0.39 is 11.7 Å². The number of rotatable bonds is 5. The molecule has 0 radical (unpaired) electrons. The highest BCUT2D eigenvalue weighted by molar-refractivity contribution is 6.30. The normalized spacial score (nSPS) is 13.8. The number of aromatic nitrogens is 5. The lowest BCUT2D eigenvalue weighted by molar-refractivity contribution is -0.115. The van der Waals surface area contributed by atoms with Crippen LogP contribution < -0.4 is 5.32 Å². The van der Waals surface area contributed by atoms with Gasteiger partial charge in [0.2, 0.25) is 5.91 Å². The summed E-state index contributed by atoms with van der Waals surface area (Å²) in [6.07, 6.45) is 4.76. The van der Waals surface area contributed by atoms with E-state index in [-0.39, 0.29) is 18.2 Å². The number of pyridine rings is 1. The number of hydrogen-bond acceptors (Lipinski definition) is 6. The van der Waals surface area contributed by atoms with Gasteiger partial charge in [-0.15, -0.1) is 5.10 Å². The number of carbonyl (C=O) groups is 2. The third-order valence-electron chi connectivity index (χ3n) is 4.49. The lowest BCUT2D eigenvalue weighted by Crippen LogP contribution is -2.28. The molecule has 9 nitrogen and oxygen atoms in total. The third kappa shape index (κ3) is 5.29. The van der Waals surface area contributed by atoms with E-state index in [1.165, 1.54) is 4.68 Å². The molecule has 1 saturated carbocycles. The third-order valence-corrected chi connectivity index (χ3v) is 4.73. The zero-order valence-electron chi connectivity index (χ0n) is 17.5. The van der Waals surface area contributed by atoms with Crippen LogP contribution in [0.15, 0.2) is 36.7 Å². The van der Waals surface area contributed by atoms with Crippen LogP contribution in [-0.4, -0.2) is 42.1 Å². The molecule has 162 valence electrons. The molecule has 0 bridgehead atoms. The van der Waals surface area contributed by atoms with Crippen molar-refractivity contribution in [2.75, 3.05) is 5.32 Å². The van der Waals surface area contributed by atoms with Crippen LogP contribution in [0.1, 0.15) is 50.9 Å². The Kier molecular flexibility index (Phi) is 5.53. The van der Waals surface area contributed by atoms with Crippen molar-refractivity contribution >= 4 is 29.4 Å². The van der Waals surface area contributed by atoms with Crippen LogP contribution >= 0.6 is 11.6 Å².